The fraction of sp³-hybridized carbons (Fsp3) is 0.167. The van der Waals surface area contributed by atoms with Gasteiger partial charge in [-0.15, -0.1) is 11.3 Å². The highest BCUT2D eigenvalue weighted by atomic mass is 32.2. The van der Waals surface area contributed by atoms with Gasteiger partial charge in [-0.05, 0) is 36.1 Å². The third kappa shape index (κ3) is 4.36. The predicted molar refractivity (Wildman–Crippen MR) is 109 cm³/mol. The van der Waals surface area contributed by atoms with Crippen LogP contribution in [0, 0.1) is 6.92 Å². The second-order valence-electron chi connectivity index (χ2n) is 5.46. The largest absolute Gasteiger partial charge is 0.326 e. The van der Waals surface area contributed by atoms with E-state index < -0.39 is 0 Å². The monoisotopic (exact) mass is 388 g/mol. The molecule has 1 aliphatic rings. The summed E-state index contributed by atoms with van der Waals surface area (Å²) < 4.78 is 0.497. The summed E-state index contributed by atoms with van der Waals surface area (Å²) in [6.45, 7) is 2.22. The van der Waals surface area contributed by atoms with Crippen LogP contribution in [-0.4, -0.2) is 27.6 Å². The molecule has 1 aromatic heterocycles. The molecular weight excluding hydrogens is 372 g/mol. The van der Waals surface area contributed by atoms with Gasteiger partial charge in [-0.25, -0.2) is 0 Å². The van der Waals surface area contributed by atoms with E-state index in [2.05, 4.69) is 5.32 Å². The first-order chi connectivity index (χ1) is 12.0. The average Bonchev–Trinajstić information content (AvgIpc) is 3.18. The minimum atomic E-state index is -0.134. The number of anilines is 1. The third-order valence-corrected chi connectivity index (χ3v) is 5.87. The number of aryl methyl sites for hydroxylation is 1. The number of nitrogens with one attached hydrogen (secondary N) is 1. The standard InChI is InChI=1S/C18H16N2O2S3/c1-12-5-2-3-7-14(12)19-16(21)8-9-20-17(22)15(25-18(20)23)11-13-6-4-10-24-13/h2-7,10-11H,8-9H2,1H3,(H,19,21)/b15-11+. The number of para-hydroxylation sites is 1. The molecule has 0 saturated carbocycles. The Morgan fingerprint density at radius 1 is 1.28 bits per heavy atom. The zero-order valence-corrected chi connectivity index (χ0v) is 16.0. The molecule has 25 heavy (non-hydrogen) atoms. The van der Waals surface area contributed by atoms with Crippen molar-refractivity contribution < 1.29 is 9.59 Å². The Bertz CT molecular complexity index is 844. The van der Waals surface area contributed by atoms with Gasteiger partial charge in [-0.2, -0.15) is 0 Å². The van der Waals surface area contributed by atoms with Gasteiger partial charge in [0.25, 0.3) is 5.91 Å². The number of thioether (sulfide) groups is 1. The van der Waals surface area contributed by atoms with Crippen molar-refractivity contribution in [1.82, 2.24) is 4.90 Å². The maximum absolute atomic E-state index is 12.5. The summed E-state index contributed by atoms with van der Waals surface area (Å²) in [4.78, 5) is 27.8. The average molecular weight is 389 g/mol. The fourth-order valence-corrected chi connectivity index (χ4v) is 4.37. The Labute approximate surface area is 159 Å². The highest BCUT2D eigenvalue weighted by molar-refractivity contribution is 8.26. The van der Waals surface area contributed by atoms with Crippen LogP contribution in [0.1, 0.15) is 16.9 Å². The van der Waals surface area contributed by atoms with Crippen LogP contribution in [0.3, 0.4) is 0 Å². The van der Waals surface area contributed by atoms with Gasteiger partial charge in [0, 0.05) is 23.5 Å². The summed E-state index contributed by atoms with van der Waals surface area (Å²) in [5.74, 6) is -0.266. The number of hydrogen-bond donors (Lipinski definition) is 1. The first kappa shape index (κ1) is 17.8. The summed E-state index contributed by atoms with van der Waals surface area (Å²) in [5, 5.41) is 4.83. The Morgan fingerprint density at radius 3 is 2.80 bits per heavy atom. The van der Waals surface area contributed by atoms with E-state index in [4.69, 9.17) is 12.2 Å². The fourth-order valence-electron chi connectivity index (χ4n) is 2.33. The number of hydrogen-bond acceptors (Lipinski definition) is 5. The molecule has 128 valence electrons. The lowest BCUT2D eigenvalue weighted by molar-refractivity contribution is -0.122. The minimum absolute atomic E-state index is 0.132. The summed E-state index contributed by atoms with van der Waals surface area (Å²) in [5.41, 5.74) is 1.79. The van der Waals surface area contributed by atoms with Crippen molar-refractivity contribution in [2.75, 3.05) is 11.9 Å². The van der Waals surface area contributed by atoms with E-state index in [9.17, 15) is 9.59 Å². The Balaban J connectivity index is 1.59. The summed E-state index contributed by atoms with van der Waals surface area (Å²) in [6.07, 6.45) is 2.05. The molecular formula is C18H16N2O2S3. The smallest absolute Gasteiger partial charge is 0.266 e. The number of thiocarbonyl (C=S) groups is 1. The second-order valence-corrected chi connectivity index (χ2v) is 8.12. The van der Waals surface area contributed by atoms with Crippen LogP contribution >= 0.6 is 35.3 Å². The molecule has 3 rings (SSSR count). The van der Waals surface area contributed by atoms with Crippen molar-refractivity contribution in [1.29, 1.82) is 0 Å². The lowest BCUT2D eigenvalue weighted by atomic mass is 10.2. The van der Waals surface area contributed by atoms with E-state index in [1.165, 1.54) is 16.7 Å². The molecule has 1 aromatic carbocycles. The Hall–Kier alpha value is -1.96. The normalized spacial score (nSPS) is 15.9. The number of rotatable bonds is 5. The lowest BCUT2D eigenvalue weighted by Crippen LogP contribution is -2.31. The van der Waals surface area contributed by atoms with Crippen LogP contribution in [0.5, 0.6) is 0 Å². The number of amides is 2. The van der Waals surface area contributed by atoms with Crippen LogP contribution < -0.4 is 5.32 Å². The van der Waals surface area contributed by atoms with Crippen LogP contribution in [0.4, 0.5) is 5.69 Å². The van der Waals surface area contributed by atoms with E-state index in [0.29, 0.717) is 9.23 Å². The zero-order valence-electron chi connectivity index (χ0n) is 13.5. The van der Waals surface area contributed by atoms with Gasteiger partial charge in [-0.3, -0.25) is 14.5 Å². The molecule has 0 spiro atoms. The van der Waals surface area contributed by atoms with E-state index in [0.717, 1.165) is 16.1 Å². The van der Waals surface area contributed by atoms with Crippen molar-refractivity contribution >= 4 is 63.2 Å². The molecule has 7 heteroatoms. The van der Waals surface area contributed by atoms with Gasteiger partial charge in [0.1, 0.15) is 4.32 Å². The van der Waals surface area contributed by atoms with Crippen molar-refractivity contribution in [2.24, 2.45) is 0 Å². The molecule has 2 heterocycles. The second kappa shape index (κ2) is 7.95. The van der Waals surface area contributed by atoms with Crippen LogP contribution in [-0.2, 0) is 9.59 Å². The third-order valence-electron chi connectivity index (χ3n) is 3.67. The van der Waals surface area contributed by atoms with Gasteiger partial charge in [0.05, 0.1) is 4.91 Å². The predicted octanol–water partition coefficient (Wildman–Crippen LogP) is 4.29. The quantitative estimate of drug-likeness (QED) is 0.613. The maximum atomic E-state index is 12.5. The highest BCUT2D eigenvalue weighted by Gasteiger charge is 2.32. The molecule has 0 unspecified atom stereocenters. The van der Waals surface area contributed by atoms with Gasteiger partial charge in [-0.1, -0.05) is 48.2 Å². The molecule has 0 radical (unpaired) electrons. The molecule has 0 bridgehead atoms. The highest BCUT2D eigenvalue weighted by Crippen LogP contribution is 2.33. The molecule has 2 amide bonds. The Morgan fingerprint density at radius 2 is 2.08 bits per heavy atom. The molecule has 0 atom stereocenters. The van der Waals surface area contributed by atoms with Gasteiger partial charge in [0.15, 0.2) is 0 Å². The molecule has 1 saturated heterocycles. The van der Waals surface area contributed by atoms with Crippen molar-refractivity contribution in [3.63, 3.8) is 0 Å². The van der Waals surface area contributed by atoms with E-state index in [1.54, 1.807) is 11.3 Å². The summed E-state index contributed by atoms with van der Waals surface area (Å²) in [6, 6.07) is 11.5. The molecule has 1 fully saturated rings. The van der Waals surface area contributed by atoms with Gasteiger partial charge >= 0.3 is 0 Å². The number of benzene rings is 1. The van der Waals surface area contributed by atoms with Gasteiger partial charge < -0.3 is 5.32 Å². The lowest BCUT2D eigenvalue weighted by Gasteiger charge is -2.14. The SMILES string of the molecule is Cc1ccccc1NC(=O)CCN1C(=O)/C(=C\c2cccs2)SC1=S. The summed E-state index contributed by atoms with van der Waals surface area (Å²) in [7, 11) is 0. The summed E-state index contributed by atoms with van der Waals surface area (Å²) >= 11 is 8.14. The molecule has 1 aliphatic heterocycles. The van der Waals surface area contributed by atoms with E-state index in [1.807, 2.05) is 54.8 Å². The first-order valence-electron chi connectivity index (χ1n) is 7.69. The van der Waals surface area contributed by atoms with Crippen LogP contribution in [0.2, 0.25) is 0 Å². The van der Waals surface area contributed by atoms with Gasteiger partial charge in [0.2, 0.25) is 5.91 Å². The zero-order chi connectivity index (χ0) is 17.8. The number of carbonyl (C=O) groups excluding carboxylic acids is 2. The Kier molecular flexibility index (Phi) is 5.67. The maximum Gasteiger partial charge on any atom is 0.266 e. The van der Waals surface area contributed by atoms with Crippen LogP contribution in [0.25, 0.3) is 6.08 Å². The first-order valence-corrected chi connectivity index (χ1v) is 9.79. The number of carbonyl (C=O) groups is 2. The number of nitrogens with zero attached hydrogens (tertiary/aromatic N) is 1. The topological polar surface area (TPSA) is 49.4 Å². The van der Waals surface area contributed by atoms with E-state index >= 15 is 0 Å². The molecule has 2 aromatic rings. The van der Waals surface area contributed by atoms with Crippen molar-refractivity contribution in [3.05, 3.63) is 57.1 Å². The van der Waals surface area contributed by atoms with Crippen LogP contribution in [0.15, 0.2) is 46.7 Å². The molecule has 4 nitrogen and oxygen atoms in total. The molecule has 1 N–H and O–H groups in total. The van der Waals surface area contributed by atoms with Crippen molar-refractivity contribution in [2.45, 2.75) is 13.3 Å². The molecule has 0 aliphatic carbocycles. The number of thiophene rings is 1. The van der Waals surface area contributed by atoms with Crippen molar-refractivity contribution in [3.8, 4) is 0 Å². The minimum Gasteiger partial charge on any atom is -0.326 e. The van der Waals surface area contributed by atoms with E-state index in [-0.39, 0.29) is 24.8 Å².